The summed E-state index contributed by atoms with van der Waals surface area (Å²) < 4.78 is 5.69. The third-order valence-corrected chi connectivity index (χ3v) is 4.76. The smallest absolute Gasteiger partial charge is 0.140 e. The van der Waals surface area contributed by atoms with Crippen molar-refractivity contribution in [2.75, 3.05) is 6.61 Å². The van der Waals surface area contributed by atoms with Gasteiger partial charge >= 0.3 is 0 Å². The largest absolute Gasteiger partial charge is 0.494 e. The van der Waals surface area contributed by atoms with Crippen LogP contribution in [0, 0.1) is 5.92 Å². The second-order valence-electron chi connectivity index (χ2n) is 6.58. The van der Waals surface area contributed by atoms with Crippen molar-refractivity contribution >= 4 is 5.78 Å². The third kappa shape index (κ3) is 4.86. The third-order valence-electron chi connectivity index (χ3n) is 4.76. The summed E-state index contributed by atoms with van der Waals surface area (Å²) >= 11 is 0. The number of carbonyl (C=O) groups excluding carboxylic acids is 1. The molecule has 1 aromatic rings. The van der Waals surface area contributed by atoms with Crippen LogP contribution in [-0.2, 0) is 4.79 Å². The van der Waals surface area contributed by atoms with Crippen LogP contribution in [0.5, 0.6) is 5.75 Å². The Kier molecular flexibility index (Phi) is 6.95. The van der Waals surface area contributed by atoms with Crippen LogP contribution >= 0.6 is 0 Å². The molecular formula is C20H30O2. The van der Waals surface area contributed by atoms with Gasteiger partial charge in [0.15, 0.2) is 0 Å². The minimum Gasteiger partial charge on any atom is -0.494 e. The Balaban J connectivity index is 1.88. The molecule has 0 aromatic heterocycles. The van der Waals surface area contributed by atoms with Crippen molar-refractivity contribution in [3.63, 3.8) is 0 Å². The van der Waals surface area contributed by atoms with E-state index in [1.165, 1.54) is 31.2 Å². The number of carbonyl (C=O) groups is 1. The van der Waals surface area contributed by atoms with Crippen molar-refractivity contribution in [3.05, 3.63) is 29.8 Å². The van der Waals surface area contributed by atoms with Crippen molar-refractivity contribution in [2.45, 2.75) is 71.1 Å². The zero-order valence-electron chi connectivity index (χ0n) is 14.1. The fraction of sp³-hybridized carbons (Fsp3) is 0.650. The molecule has 0 radical (unpaired) electrons. The Morgan fingerprint density at radius 3 is 2.41 bits per heavy atom. The van der Waals surface area contributed by atoms with Gasteiger partial charge < -0.3 is 4.74 Å². The topological polar surface area (TPSA) is 26.3 Å². The van der Waals surface area contributed by atoms with Gasteiger partial charge in [-0.3, -0.25) is 4.79 Å². The van der Waals surface area contributed by atoms with Crippen LogP contribution in [0.25, 0.3) is 0 Å². The number of ketones is 1. The Bertz CT molecular complexity index is 449. The molecule has 0 saturated heterocycles. The molecule has 1 saturated carbocycles. The van der Waals surface area contributed by atoms with Crippen LogP contribution in [-0.4, -0.2) is 12.4 Å². The summed E-state index contributed by atoms with van der Waals surface area (Å²) in [5.74, 6) is 2.09. The molecule has 2 nitrogen and oxygen atoms in total. The highest BCUT2D eigenvalue weighted by atomic mass is 16.5. The van der Waals surface area contributed by atoms with Crippen LogP contribution in [0.3, 0.4) is 0 Å². The number of hydrogen-bond acceptors (Lipinski definition) is 2. The minimum atomic E-state index is 0.113. The van der Waals surface area contributed by atoms with Crippen molar-refractivity contribution in [1.29, 1.82) is 0 Å². The summed E-state index contributed by atoms with van der Waals surface area (Å²) in [6, 6.07) is 8.19. The van der Waals surface area contributed by atoms with E-state index in [0.29, 0.717) is 11.7 Å². The van der Waals surface area contributed by atoms with Crippen LogP contribution in [0.15, 0.2) is 24.3 Å². The standard InChI is InChI=1S/C20H30O2/c1-3-5-7-16-8-13-19(20(21)15-16)17-9-11-18(12-10-17)22-14-6-4-2/h9-12,16,19H,3-8,13-15H2,1-2H3/t16-,19+/m1/s1. The molecule has 0 bridgehead atoms. The number of rotatable bonds is 8. The molecule has 0 N–H and O–H groups in total. The molecule has 2 atom stereocenters. The van der Waals surface area contributed by atoms with E-state index in [2.05, 4.69) is 26.0 Å². The number of unbranched alkanes of at least 4 members (excludes halogenated alkanes) is 2. The van der Waals surface area contributed by atoms with E-state index in [1.807, 2.05) is 12.1 Å². The van der Waals surface area contributed by atoms with Gasteiger partial charge in [0, 0.05) is 12.3 Å². The van der Waals surface area contributed by atoms with E-state index in [9.17, 15) is 4.79 Å². The summed E-state index contributed by atoms with van der Waals surface area (Å²) in [4.78, 5) is 12.4. The molecule has 1 aliphatic carbocycles. The zero-order chi connectivity index (χ0) is 15.8. The zero-order valence-corrected chi connectivity index (χ0v) is 14.1. The van der Waals surface area contributed by atoms with Crippen molar-refractivity contribution in [3.8, 4) is 5.75 Å². The number of ether oxygens (including phenoxy) is 1. The van der Waals surface area contributed by atoms with Gasteiger partial charge in [-0.1, -0.05) is 51.7 Å². The van der Waals surface area contributed by atoms with Crippen molar-refractivity contribution < 1.29 is 9.53 Å². The van der Waals surface area contributed by atoms with E-state index in [-0.39, 0.29) is 5.92 Å². The molecule has 0 aliphatic heterocycles. The Morgan fingerprint density at radius 1 is 1.05 bits per heavy atom. The lowest BCUT2D eigenvalue weighted by atomic mass is 9.76. The fourth-order valence-electron chi connectivity index (χ4n) is 3.31. The molecule has 0 unspecified atom stereocenters. The van der Waals surface area contributed by atoms with E-state index in [0.717, 1.165) is 38.0 Å². The van der Waals surface area contributed by atoms with Gasteiger partial charge in [0.2, 0.25) is 0 Å². The highest BCUT2D eigenvalue weighted by molar-refractivity contribution is 5.86. The maximum Gasteiger partial charge on any atom is 0.140 e. The molecule has 22 heavy (non-hydrogen) atoms. The Labute approximate surface area is 135 Å². The first-order chi connectivity index (χ1) is 10.7. The summed E-state index contributed by atoms with van der Waals surface area (Å²) in [6.45, 7) is 5.16. The predicted octanol–water partition coefficient (Wildman–Crippen LogP) is 5.51. The van der Waals surface area contributed by atoms with Crippen molar-refractivity contribution in [1.82, 2.24) is 0 Å². The van der Waals surface area contributed by atoms with Crippen LogP contribution < -0.4 is 4.74 Å². The lowest BCUT2D eigenvalue weighted by molar-refractivity contribution is -0.123. The highest BCUT2D eigenvalue weighted by Gasteiger charge is 2.29. The molecule has 122 valence electrons. The number of benzene rings is 1. The molecule has 1 fully saturated rings. The first kappa shape index (κ1) is 17.1. The second kappa shape index (κ2) is 8.97. The van der Waals surface area contributed by atoms with Crippen LogP contribution in [0.1, 0.15) is 76.7 Å². The molecule has 1 aliphatic rings. The maximum atomic E-state index is 12.4. The SMILES string of the molecule is CCCCOc1ccc([C@@H]2CC[C@@H](CCCC)CC2=O)cc1. The average Bonchev–Trinajstić information content (AvgIpc) is 2.54. The van der Waals surface area contributed by atoms with Gasteiger partial charge in [-0.05, 0) is 42.9 Å². The van der Waals surface area contributed by atoms with Gasteiger partial charge in [0.05, 0.1) is 6.61 Å². The molecule has 0 amide bonds. The van der Waals surface area contributed by atoms with Gasteiger partial charge in [0.25, 0.3) is 0 Å². The predicted molar refractivity (Wildman–Crippen MR) is 91.5 cm³/mol. The Morgan fingerprint density at radius 2 is 1.77 bits per heavy atom. The summed E-state index contributed by atoms with van der Waals surface area (Å²) in [6.07, 6.45) is 8.93. The molecule has 0 spiro atoms. The molecule has 1 aromatic carbocycles. The average molecular weight is 302 g/mol. The van der Waals surface area contributed by atoms with E-state index in [4.69, 9.17) is 4.74 Å². The van der Waals surface area contributed by atoms with Crippen molar-refractivity contribution in [2.24, 2.45) is 5.92 Å². The van der Waals surface area contributed by atoms with Crippen LogP contribution in [0.4, 0.5) is 0 Å². The summed E-state index contributed by atoms with van der Waals surface area (Å²) in [7, 11) is 0. The van der Waals surface area contributed by atoms with Gasteiger partial charge in [-0.25, -0.2) is 0 Å². The fourth-order valence-corrected chi connectivity index (χ4v) is 3.31. The minimum absolute atomic E-state index is 0.113. The summed E-state index contributed by atoms with van der Waals surface area (Å²) in [5.41, 5.74) is 1.17. The molecule has 2 heteroatoms. The number of hydrogen-bond donors (Lipinski definition) is 0. The van der Waals surface area contributed by atoms with Crippen LogP contribution in [0.2, 0.25) is 0 Å². The molecule has 2 rings (SSSR count). The lowest BCUT2D eigenvalue weighted by Gasteiger charge is -2.27. The Hall–Kier alpha value is -1.31. The number of Topliss-reactive ketones (excluding diaryl/α,β-unsaturated/α-hetero) is 1. The molecular weight excluding hydrogens is 272 g/mol. The quantitative estimate of drug-likeness (QED) is 0.592. The van der Waals surface area contributed by atoms with E-state index in [1.54, 1.807) is 0 Å². The van der Waals surface area contributed by atoms with Gasteiger partial charge in [-0.15, -0.1) is 0 Å². The van der Waals surface area contributed by atoms with E-state index < -0.39 is 0 Å². The lowest BCUT2D eigenvalue weighted by Crippen LogP contribution is -2.23. The highest BCUT2D eigenvalue weighted by Crippen LogP contribution is 2.35. The maximum absolute atomic E-state index is 12.4. The second-order valence-corrected chi connectivity index (χ2v) is 6.58. The van der Waals surface area contributed by atoms with Gasteiger partial charge in [0.1, 0.15) is 11.5 Å². The first-order valence-electron chi connectivity index (χ1n) is 9.00. The van der Waals surface area contributed by atoms with E-state index >= 15 is 0 Å². The normalized spacial score (nSPS) is 21.8. The monoisotopic (exact) mass is 302 g/mol. The van der Waals surface area contributed by atoms with Gasteiger partial charge in [-0.2, -0.15) is 0 Å². The molecule has 0 heterocycles. The summed E-state index contributed by atoms with van der Waals surface area (Å²) in [5, 5.41) is 0. The first-order valence-corrected chi connectivity index (χ1v) is 9.00.